The van der Waals surface area contributed by atoms with Crippen molar-refractivity contribution >= 4 is 40.8 Å². The van der Waals surface area contributed by atoms with Gasteiger partial charge in [0, 0.05) is 23.0 Å². The Bertz CT molecular complexity index is 1140. The van der Waals surface area contributed by atoms with Gasteiger partial charge in [-0.25, -0.2) is 17.9 Å². The van der Waals surface area contributed by atoms with Gasteiger partial charge in [-0.05, 0) is 66.3 Å². The lowest BCUT2D eigenvalue weighted by atomic mass is 10.0. The van der Waals surface area contributed by atoms with E-state index in [9.17, 15) is 18.4 Å². The van der Waals surface area contributed by atoms with E-state index < -0.39 is 29.7 Å². The highest BCUT2D eigenvalue weighted by Crippen LogP contribution is 2.36. The van der Waals surface area contributed by atoms with Gasteiger partial charge in [0.1, 0.15) is 18.2 Å². The van der Waals surface area contributed by atoms with E-state index in [0.29, 0.717) is 24.1 Å². The Morgan fingerprint density at radius 3 is 2.74 bits per heavy atom. The molecule has 1 heterocycles. The number of anilines is 1. The lowest BCUT2D eigenvalue weighted by molar-refractivity contribution is 0.102. The normalized spacial score (nSPS) is 14.7. The fourth-order valence-corrected chi connectivity index (χ4v) is 4.15. The van der Waals surface area contributed by atoms with Crippen molar-refractivity contribution in [2.45, 2.75) is 25.5 Å². The van der Waals surface area contributed by atoms with Crippen LogP contribution in [0.5, 0.6) is 0 Å². The Kier molecular flexibility index (Phi) is 6.15. The second kappa shape index (κ2) is 8.99. The third-order valence-corrected chi connectivity index (χ3v) is 5.89. The van der Waals surface area contributed by atoms with E-state index in [1.165, 1.54) is 35.8 Å². The van der Waals surface area contributed by atoms with E-state index in [1.54, 1.807) is 12.3 Å². The van der Waals surface area contributed by atoms with Crippen molar-refractivity contribution < 1.29 is 23.1 Å². The van der Waals surface area contributed by atoms with Crippen LogP contribution in [0.25, 0.3) is 0 Å². The number of nitrogens with one attached hydrogen (secondary N) is 2. The van der Waals surface area contributed by atoms with Crippen molar-refractivity contribution in [3.05, 3.63) is 80.8 Å². The molecule has 2 N–H and O–H groups in total. The van der Waals surface area contributed by atoms with Gasteiger partial charge in [-0.15, -0.1) is 0 Å². The van der Waals surface area contributed by atoms with Crippen LogP contribution in [-0.4, -0.2) is 16.4 Å². The number of nitrogens with zero attached hydrogens (tertiary/aromatic N) is 1. The van der Waals surface area contributed by atoms with Gasteiger partial charge in [0.25, 0.3) is 5.91 Å². The molecule has 0 unspecified atom stereocenters. The minimum Gasteiger partial charge on any atom is -0.444 e. The number of alkyl carbamates (subject to hydrolysis) is 1. The van der Waals surface area contributed by atoms with Crippen molar-refractivity contribution in [1.82, 2.24) is 9.69 Å². The van der Waals surface area contributed by atoms with Gasteiger partial charge in [-0.3, -0.25) is 4.79 Å². The standard InChI is InChI=1S/C21H16ClF2N3O3S/c22-15-9-11(1-4-16(15)23)26-20(28)14-2-5-17(24)19-13(14)3-6-18(19)27-21(29)30-10-12-7-8-25-31-12/h1-2,4-5,7-9,18H,3,6,10H2,(H,26,28)(H,27,29)/t18-/m0/s1. The number of benzene rings is 2. The highest BCUT2D eigenvalue weighted by Gasteiger charge is 2.31. The maximum atomic E-state index is 14.6. The van der Waals surface area contributed by atoms with Crippen LogP contribution in [0, 0.1) is 11.6 Å². The highest BCUT2D eigenvalue weighted by molar-refractivity contribution is 7.05. The lowest BCUT2D eigenvalue weighted by Gasteiger charge is -2.16. The predicted octanol–water partition coefficient (Wildman–Crippen LogP) is 5.24. The molecule has 1 atom stereocenters. The van der Waals surface area contributed by atoms with Crippen LogP contribution < -0.4 is 10.6 Å². The first-order valence-corrected chi connectivity index (χ1v) is 10.5. The first-order chi connectivity index (χ1) is 14.9. The molecule has 0 aliphatic heterocycles. The molecule has 0 fully saturated rings. The summed E-state index contributed by atoms with van der Waals surface area (Å²) >= 11 is 6.97. The first-order valence-electron chi connectivity index (χ1n) is 9.33. The number of hydrogen-bond acceptors (Lipinski definition) is 5. The van der Waals surface area contributed by atoms with Gasteiger partial charge in [0.05, 0.1) is 15.9 Å². The number of hydrogen-bond donors (Lipinski definition) is 2. The van der Waals surface area contributed by atoms with Crippen LogP contribution >= 0.6 is 23.1 Å². The van der Waals surface area contributed by atoms with Gasteiger partial charge >= 0.3 is 6.09 Å². The first kappa shape index (κ1) is 21.2. The molecule has 160 valence electrons. The molecular formula is C21H16ClF2N3O3S. The Labute approximate surface area is 185 Å². The van der Waals surface area contributed by atoms with E-state index >= 15 is 0 Å². The second-order valence-electron chi connectivity index (χ2n) is 6.86. The summed E-state index contributed by atoms with van der Waals surface area (Å²) in [5.74, 6) is -1.59. The van der Waals surface area contributed by atoms with E-state index in [4.69, 9.17) is 16.3 Å². The number of carbonyl (C=O) groups is 2. The maximum absolute atomic E-state index is 14.6. The van der Waals surface area contributed by atoms with Crippen LogP contribution in [0.4, 0.5) is 19.3 Å². The lowest BCUT2D eigenvalue weighted by Crippen LogP contribution is -2.28. The molecule has 3 aromatic rings. The molecule has 2 amide bonds. The van der Waals surface area contributed by atoms with Gasteiger partial charge in [-0.2, -0.15) is 0 Å². The largest absolute Gasteiger partial charge is 0.444 e. The predicted molar refractivity (Wildman–Crippen MR) is 112 cm³/mol. The minimum atomic E-state index is -0.679. The zero-order chi connectivity index (χ0) is 22.0. The zero-order valence-electron chi connectivity index (χ0n) is 16.0. The molecule has 10 heteroatoms. The van der Waals surface area contributed by atoms with E-state index in [1.807, 2.05) is 0 Å². The molecule has 1 aromatic heterocycles. The summed E-state index contributed by atoms with van der Waals surface area (Å²) in [7, 11) is 0. The van der Waals surface area contributed by atoms with Gasteiger partial charge in [-0.1, -0.05) is 11.6 Å². The van der Waals surface area contributed by atoms with Crippen molar-refractivity contribution in [2.24, 2.45) is 0 Å². The highest BCUT2D eigenvalue weighted by atomic mass is 35.5. The number of halogens is 3. The number of ether oxygens (including phenoxy) is 1. The summed E-state index contributed by atoms with van der Waals surface area (Å²) < 4.78 is 37.0. The molecule has 31 heavy (non-hydrogen) atoms. The molecule has 0 radical (unpaired) electrons. The molecule has 0 saturated carbocycles. The monoisotopic (exact) mass is 463 g/mol. The molecule has 0 saturated heterocycles. The molecular weight excluding hydrogens is 448 g/mol. The molecule has 0 bridgehead atoms. The summed E-state index contributed by atoms with van der Waals surface area (Å²) in [5.41, 5.74) is 1.37. The van der Waals surface area contributed by atoms with Crippen LogP contribution in [-0.2, 0) is 17.8 Å². The van der Waals surface area contributed by atoms with E-state index in [2.05, 4.69) is 15.0 Å². The van der Waals surface area contributed by atoms with Gasteiger partial charge in [0.2, 0.25) is 0 Å². The molecule has 2 aromatic carbocycles. The van der Waals surface area contributed by atoms with Gasteiger partial charge < -0.3 is 15.4 Å². The number of amides is 2. The molecule has 0 spiro atoms. The topological polar surface area (TPSA) is 80.3 Å². The van der Waals surface area contributed by atoms with Crippen LogP contribution in [0.15, 0.2) is 42.6 Å². The summed E-state index contributed by atoms with van der Waals surface area (Å²) in [5, 5.41) is 5.18. The smallest absolute Gasteiger partial charge is 0.407 e. The minimum absolute atomic E-state index is 0.0707. The maximum Gasteiger partial charge on any atom is 0.407 e. The van der Waals surface area contributed by atoms with E-state index in [-0.39, 0.29) is 22.8 Å². The van der Waals surface area contributed by atoms with Crippen LogP contribution in [0.1, 0.15) is 38.8 Å². The quantitative estimate of drug-likeness (QED) is 0.542. The Balaban J connectivity index is 1.48. The second-order valence-corrected chi connectivity index (χ2v) is 8.19. The number of rotatable bonds is 5. The third-order valence-electron chi connectivity index (χ3n) is 4.89. The molecule has 1 aliphatic rings. The molecule has 6 nitrogen and oxygen atoms in total. The summed E-state index contributed by atoms with van der Waals surface area (Å²) in [4.78, 5) is 25.7. The molecule has 4 rings (SSSR count). The Morgan fingerprint density at radius 1 is 1.19 bits per heavy atom. The average molecular weight is 464 g/mol. The van der Waals surface area contributed by atoms with Gasteiger partial charge in [0.15, 0.2) is 0 Å². The van der Waals surface area contributed by atoms with Crippen molar-refractivity contribution in [3.63, 3.8) is 0 Å². The fourth-order valence-electron chi connectivity index (χ4n) is 3.48. The van der Waals surface area contributed by atoms with Crippen molar-refractivity contribution in [1.29, 1.82) is 0 Å². The Hall–Kier alpha value is -3.04. The summed E-state index contributed by atoms with van der Waals surface area (Å²) in [6.07, 6.45) is 1.76. The summed E-state index contributed by atoms with van der Waals surface area (Å²) in [6, 6.07) is 7.52. The van der Waals surface area contributed by atoms with Crippen LogP contribution in [0.3, 0.4) is 0 Å². The van der Waals surface area contributed by atoms with Crippen molar-refractivity contribution in [2.75, 3.05) is 5.32 Å². The van der Waals surface area contributed by atoms with E-state index in [0.717, 1.165) is 10.9 Å². The average Bonchev–Trinajstić information content (AvgIpc) is 3.40. The number of aromatic nitrogens is 1. The number of carbonyl (C=O) groups excluding carboxylic acids is 2. The Morgan fingerprint density at radius 2 is 2.00 bits per heavy atom. The third kappa shape index (κ3) is 4.67. The summed E-state index contributed by atoms with van der Waals surface area (Å²) in [6.45, 7) is 0.0707. The zero-order valence-corrected chi connectivity index (χ0v) is 17.5. The fraction of sp³-hybridized carbons (Fsp3) is 0.190. The SMILES string of the molecule is O=C(N[C@H]1CCc2c(C(=O)Nc3ccc(F)c(Cl)c3)ccc(F)c21)OCc1ccns1. The van der Waals surface area contributed by atoms with Crippen molar-refractivity contribution in [3.8, 4) is 0 Å². The van der Waals surface area contributed by atoms with Crippen LogP contribution in [0.2, 0.25) is 5.02 Å². The molecule has 1 aliphatic carbocycles. The number of fused-ring (bicyclic) bond motifs is 1.